The Kier molecular flexibility index (Phi) is 3.74. The number of hydrogen-bond donors (Lipinski definition) is 1. The monoisotopic (exact) mass is 389 g/mol. The third-order valence-corrected chi connectivity index (χ3v) is 5.88. The number of amides is 3. The number of aromatic amines is 1. The fourth-order valence-corrected chi connectivity index (χ4v) is 4.54. The molecule has 1 unspecified atom stereocenters. The van der Waals surface area contributed by atoms with Crippen LogP contribution in [-0.2, 0) is 16.0 Å². The summed E-state index contributed by atoms with van der Waals surface area (Å²) < 4.78 is 4.83. The summed E-state index contributed by atoms with van der Waals surface area (Å²) in [6, 6.07) is 13.1. The maximum Gasteiger partial charge on any atom is 0.339 e. The molecular formula is C22H19N3O4. The number of anilines is 1. The SMILES string of the molecule is COC(=O)c1ccccc1N1C(=O)[C@@H]2Cc3c([nH]c4ccccc34)C(C)N2C1=O. The lowest BCUT2D eigenvalue weighted by Crippen LogP contribution is -2.42. The average Bonchev–Trinajstić information content (AvgIpc) is 3.23. The molecule has 3 heterocycles. The van der Waals surface area contributed by atoms with Crippen LogP contribution >= 0.6 is 0 Å². The van der Waals surface area contributed by atoms with Crippen molar-refractivity contribution in [3.8, 4) is 0 Å². The molecular weight excluding hydrogens is 370 g/mol. The molecule has 0 bridgehead atoms. The van der Waals surface area contributed by atoms with Crippen molar-refractivity contribution >= 4 is 34.5 Å². The summed E-state index contributed by atoms with van der Waals surface area (Å²) in [4.78, 5) is 44.9. The van der Waals surface area contributed by atoms with E-state index < -0.39 is 18.0 Å². The number of rotatable bonds is 2. The van der Waals surface area contributed by atoms with Crippen molar-refractivity contribution in [1.82, 2.24) is 9.88 Å². The highest BCUT2D eigenvalue weighted by atomic mass is 16.5. The van der Waals surface area contributed by atoms with Gasteiger partial charge in [-0.3, -0.25) is 4.79 Å². The number of benzene rings is 2. The maximum atomic E-state index is 13.3. The number of hydrogen-bond acceptors (Lipinski definition) is 4. The first kappa shape index (κ1) is 17.5. The van der Waals surface area contributed by atoms with Gasteiger partial charge in [0.2, 0.25) is 0 Å². The largest absolute Gasteiger partial charge is 0.465 e. The van der Waals surface area contributed by atoms with Crippen LogP contribution in [0.25, 0.3) is 10.9 Å². The summed E-state index contributed by atoms with van der Waals surface area (Å²) in [5.74, 6) is -0.913. The summed E-state index contributed by atoms with van der Waals surface area (Å²) in [5, 5.41) is 1.07. The van der Waals surface area contributed by atoms with Gasteiger partial charge in [0.05, 0.1) is 24.4 Å². The molecule has 2 aromatic carbocycles. The van der Waals surface area contributed by atoms with Crippen LogP contribution in [0.2, 0.25) is 0 Å². The summed E-state index contributed by atoms with van der Waals surface area (Å²) >= 11 is 0. The number of imide groups is 1. The van der Waals surface area contributed by atoms with E-state index in [9.17, 15) is 14.4 Å². The van der Waals surface area contributed by atoms with Gasteiger partial charge in [-0.2, -0.15) is 0 Å². The number of carbonyl (C=O) groups excluding carboxylic acids is 3. The third-order valence-electron chi connectivity index (χ3n) is 5.88. The Labute approximate surface area is 166 Å². The van der Waals surface area contributed by atoms with Gasteiger partial charge in [0, 0.05) is 23.0 Å². The molecule has 29 heavy (non-hydrogen) atoms. The van der Waals surface area contributed by atoms with Crippen LogP contribution in [0, 0.1) is 0 Å². The minimum absolute atomic E-state index is 0.188. The van der Waals surface area contributed by atoms with E-state index in [4.69, 9.17) is 4.74 Å². The number of esters is 1. The predicted molar refractivity (Wildman–Crippen MR) is 107 cm³/mol. The number of carbonyl (C=O) groups is 3. The molecule has 7 heteroatoms. The number of para-hydroxylation sites is 2. The highest BCUT2D eigenvalue weighted by molar-refractivity contribution is 6.23. The fourth-order valence-electron chi connectivity index (χ4n) is 4.54. The number of urea groups is 1. The number of fused-ring (bicyclic) bond motifs is 4. The molecule has 0 aliphatic carbocycles. The Hall–Kier alpha value is -3.61. The van der Waals surface area contributed by atoms with Gasteiger partial charge in [0.15, 0.2) is 0 Å². The second kappa shape index (κ2) is 6.20. The van der Waals surface area contributed by atoms with Crippen molar-refractivity contribution < 1.29 is 19.1 Å². The quantitative estimate of drug-likeness (QED) is 0.538. The molecule has 5 rings (SSSR count). The standard InChI is InChI=1S/C22H19N3O4/c1-12-19-15(13-7-3-5-9-16(13)23-19)11-18-20(26)25(22(28)24(12)18)17-10-6-4-8-14(17)21(27)29-2/h3-10,12,18,23H,11H2,1-2H3/t12?,18-/m0/s1. The topological polar surface area (TPSA) is 82.7 Å². The van der Waals surface area contributed by atoms with Gasteiger partial charge < -0.3 is 14.6 Å². The maximum absolute atomic E-state index is 13.3. The van der Waals surface area contributed by atoms with Gasteiger partial charge in [-0.15, -0.1) is 0 Å². The normalized spacial score (nSPS) is 20.8. The van der Waals surface area contributed by atoms with E-state index in [0.29, 0.717) is 6.42 Å². The molecule has 0 saturated carbocycles. The second-order valence-corrected chi connectivity index (χ2v) is 7.33. The average molecular weight is 389 g/mol. The van der Waals surface area contributed by atoms with Crippen LogP contribution in [0.15, 0.2) is 48.5 Å². The molecule has 146 valence electrons. The van der Waals surface area contributed by atoms with E-state index >= 15 is 0 Å². The minimum atomic E-state index is -0.602. The van der Waals surface area contributed by atoms with Crippen molar-refractivity contribution in [2.45, 2.75) is 25.4 Å². The number of nitrogens with one attached hydrogen (secondary N) is 1. The molecule has 1 N–H and O–H groups in total. The van der Waals surface area contributed by atoms with Crippen LogP contribution in [0.3, 0.4) is 0 Å². The molecule has 1 saturated heterocycles. The third kappa shape index (κ3) is 2.33. The van der Waals surface area contributed by atoms with Crippen molar-refractivity contribution in [3.05, 3.63) is 65.4 Å². The lowest BCUT2D eigenvalue weighted by Gasteiger charge is -2.33. The zero-order valence-electron chi connectivity index (χ0n) is 16.0. The predicted octanol–water partition coefficient (Wildman–Crippen LogP) is 3.41. The van der Waals surface area contributed by atoms with Crippen molar-refractivity contribution in [2.75, 3.05) is 12.0 Å². The Morgan fingerprint density at radius 2 is 1.83 bits per heavy atom. The van der Waals surface area contributed by atoms with Gasteiger partial charge in [0.25, 0.3) is 5.91 Å². The zero-order valence-corrected chi connectivity index (χ0v) is 16.0. The Morgan fingerprint density at radius 1 is 1.10 bits per heavy atom. The van der Waals surface area contributed by atoms with Crippen molar-refractivity contribution in [1.29, 1.82) is 0 Å². The van der Waals surface area contributed by atoms with E-state index in [0.717, 1.165) is 27.1 Å². The molecule has 7 nitrogen and oxygen atoms in total. The molecule has 1 fully saturated rings. The van der Waals surface area contributed by atoms with Crippen LogP contribution in [-0.4, -0.2) is 40.9 Å². The summed E-state index contributed by atoms with van der Waals surface area (Å²) in [5.41, 5.74) is 3.46. The first-order valence-electron chi connectivity index (χ1n) is 9.46. The lowest BCUT2D eigenvalue weighted by atomic mass is 9.93. The van der Waals surface area contributed by atoms with E-state index in [2.05, 4.69) is 4.98 Å². The van der Waals surface area contributed by atoms with Gasteiger partial charge in [-0.25, -0.2) is 14.5 Å². The van der Waals surface area contributed by atoms with Gasteiger partial charge in [0.1, 0.15) is 6.04 Å². The zero-order chi connectivity index (χ0) is 20.3. The van der Waals surface area contributed by atoms with Gasteiger partial charge in [-0.1, -0.05) is 30.3 Å². The lowest BCUT2D eigenvalue weighted by molar-refractivity contribution is -0.120. The molecule has 2 aliphatic rings. The Morgan fingerprint density at radius 3 is 2.62 bits per heavy atom. The van der Waals surface area contributed by atoms with E-state index in [-0.39, 0.29) is 23.2 Å². The molecule has 0 radical (unpaired) electrons. The summed E-state index contributed by atoms with van der Waals surface area (Å²) in [6.45, 7) is 1.92. The van der Waals surface area contributed by atoms with Crippen LogP contribution in [0.1, 0.15) is 34.6 Å². The van der Waals surface area contributed by atoms with Crippen molar-refractivity contribution in [3.63, 3.8) is 0 Å². The number of H-pyrrole nitrogens is 1. The number of aromatic nitrogens is 1. The first-order valence-corrected chi connectivity index (χ1v) is 9.46. The summed E-state index contributed by atoms with van der Waals surface area (Å²) in [7, 11) is 1.27. The number of nitrogens with zero attached hydrogens (tertiary/aromatic N) is 2. The number of ether oxygens (including phenoxy) is 1. The van der Waals surface area contributed by atoms with E-state index in [1.165, 1.54) is 7.11 Å². The second-order valence-electron chi connectivity index (χ2n) is 7.33. The Bertz CT molecular complexity index is 1180. The number of methoxy groups -OCH3 is 1. The summed E-state index contributed by atoms with van der Waals surface area (Å²) in [6.07, 6.45) is 0.436. The Balaban J connectivity index is 1.60. The van der Waals surface area contributed by atoms with Crippen LogP contribution in [0.5, 0.6) is 0 Å². The molecule has 3 amide bonds. The van der Waals surface area contributed by atoms with E-state index in [1.807, 2.05) is 31.2 Å². The molecule has 3 aromatic rings. The van der Waals surface area contributed by atoms with Crippen LogP contribution in [0.4, 0.5) is 10.5 Å². The minimum Gasteiger partial charge on any atom is -0.465 e. The fraction of sp³-hybridized carbons (Fsp3) is 0.227. The molecule has 2 aliphatic heterocycles. The van der Waals surface area contributed by atoms with E-state index in [1.54, 1.807) is 29.2 Å². The molecule has 2 atom stereocenters. The van der Waals surface area contributed by atoms with Crippen molar-refractivity contribution in [2.24, 2.45) is 0 Å². The molecule has 0 spiro atoms. The first-order chi connectivity index (χ1) is 14.0. The highest BCUT2D eigenvalue weighted by Crippen LogP contribution is 2.42. The van der Waals surface area contributed by atoms with Gasteiger partial charge >= 0.3 is 12.0 Å². The smallest absolute Gasteiger partial charge is 0.339 e. The highest BCUT2D eigenvalue weighted by Gasteiger charge is 2.52. The van der Waals surface area contributed by atoms with Gasteiger partial charge in [-0.05, 0) is 30.7 Å². The van der Waals surface area contributed by atoms with Crippen LogP contribution < -0.4 is 4.90 Å². The molecule has 1 aromatic heterocycles.